The van der Waals surface area contributed by atoms with Crippen molar-refractivity contribution in [2.75, 3.05) is 6.54 Å². The van der Waals surface area contributed by atoms with Gasteiger partial charge in [-0.1, -0.05) is 18.2 Å². The third-order valence-corrected chi connectivity index (χ3v) is 3.45. The fourth-order valence-electron chi connectivity index (χ4n) is 2.35. The molecular formula is C20H21FN2O3. The standard InChI is InChI=1S/C20H21FN2O3/c1-20(2,3)23-17(24)12-22-19(26)16-7-5-4-6-15(16)18(25)13-8-10-14(21)11-9-13/h4-11H,12H2,1-3H3,(H,22,26)(H,23,24). The van der Waals surface area contributed by atoms with Gasteiger partial charge in [-0.05, 0) is 51.1 Å². The first kappa shape index (κ1) is 19.3. The summed E-state index contributed by atoms with van der Waals surface area (Å²) in [6, 6.07) is 11.4. The highest BCUT2D eigenvalue weighted by Crippen LogP contribution is 2.15. The largest absolute Gasteiger partial charge is 0.350 e. The number of halogens is 1. The highest BCUT2D eigenvalue weighted by Gasteiger charge is 2.19. The number of benzene rings is 2. The Morgan fingerprint density at radius 2 is 1.50 bits per heavy atom. The Balaban J connectivity index is 2.15. The van der Waals surface area contributed by atoms with Crippen molar-refractivity contribution in [1.29, 1.82) is 0 Å². The molecule has 0 radical (unpaired) electrons. The van der Waals surface area contributed by atoms with Gasteiger partial charge in [0, 0.05) is 16.7 Å². The molecule has 2 rings (SSSR count). The highest BCUT2D eigenvalue weighted by molar-refractivity contribution is 6.15. The lowest BCUT2D eigenvalue weighted by Gasteiger charge is -2.20. The maximum Gasteiger partial charge on any atom is 0.252 e. The number of nitrogens with one attached hydrogen (secondary N) is 2. The van der Waals surface area contributed by atoms with Crippen molar-refractivity contribution in [3.63, 3.8) is 0 Å². The van der Waals surface area contributed by atoms with Crippen molar-refractivity contribution in [2.45, 2.75) is 26.3 Å². The van der Waals surface area contributed by atoms with E-state index in [1.54, 1.807) is 12.1 Å². The van der Waals surface area contributed by atoms with Crippen LogP contribution in [0.1, 0.15) is 47.1 Å². The van der Waals surface area contributed by atoms with Gasteiger partial charge in [-0.25, -0.2) is 4.39 Å². The fraction of sp³-hybridized carbons (Fsp3) is 0.250. The van der Waals surface area contributed by atoms with Crippen LogP contribution in [-0.2, 0) is 4.79 Å². The summed E-state index contributed by atoms with van der Waals surface area (Å²) in [5.41, 5.74) is 0.216. The molecule has 0 spiro atoms. The molecule has 136 valence electrons. The average molecular weight is 356 g/mol. The molecule has 0 aliphatic heterocycles. The number of carbonyl (C=O) groups is 3. The highest BCUT2D eigenvalue weighted by atomic mass is 19.1. The molecule has 0 atom stereocenters. The molecule has 0 unspecified atom stereocenters. The van der Waals surface area contributed by atoms with E-state index in [1.807, 2.05) is 20.8 Å². The molecule has 2 aromatic carbocycles. The third kappa shape index (κ3) is 5.24. The smallest absolute Gasteiger partial charge is 0.252 e. The Bertz CT molecular complexity index is 824. The van der Waals surface area contributed by atoms with Crippen molar-refractivity contribution < 1.29 is 18.8 Å². The zero-order valence-corrected chi connectivity index (χ0v) is 14.9. The van der Waals surface area contributed by atoms with E-state index in [-0.39, 0.29) is 29.1 Å². The Kier molecular flexibility index (Phi) is 5.87. The summed E-state index contributed by atoms with van der Waals surface area (Å²) in [5, 5.41) is 5.25. The molecule has 0 aromatic heterocycles. The minimum atomic E-state index is -0.528. The third-order valence-electron chi connectivity index (χ3n) is 3.45. The molecule has 0 saturated heterocycles. The summed E-state index contributed by atoms with van der Waals surface area (Å²) < 4.78 is 13.0. The van der Waals surface area contributed by atoms with Crippen molar-refractivity contribution in [2.24, 2.45) is 0 Å². The molecule has 26 heavy (non-hydrogen) atoms. The van der Waals surface area contributed by atoms with Crippen molar-refractivity contribution in [1.82, 2.24) is 10.6 Å². The number of ketones is 1. The molecule has 5 nitrogen and oxygen atoms in total. The predicted molar refractivity (Wildman–Crippen MR) is 96.5 cm³/mol. The number of rotatable bonds is 5. The van der Waals surface area contributed by atoms with Crippen LogP contribution in [0.15, 0.2) is 48.5 Å². The molecule has 0 saturated carbocycles. The van der Waals surface area contributed by atoms with Crippen LogP contribution < -0.4 is 10.6 Å². The maximum atomic E-state index is 13.0. The van der Waals surface area contributed by atoms with E-state index in [0.29, 0.717) is 0 Å². The van der Waals surface area contributed by atoms with Crippen LogP contribution in [0.4, 0.5) is 4.39 Å². The van der Waals surface area contributed by atoms with Gasteiger partial charge in [-0.3, -0.25) is 14.4 Å². The van der Waals surface area contributed by atoms with Gasteiger partial charge < -0.3 is 10.6 Å². The quantitative estimate of drug-likeness (QED) is 0.809. The van der Waals surface area contributed by atoms with Crippen LogP contribution in [0.5, 0.6) is 0 Å². The van der Waals surface area contributed by atoms with E-state index < -0.39 is 23.0 Å². The van der Waals surface area contributed by atoms with E-state index in [4.69, 9.17) is 0 Å². The molecule has 0 fully saturated rings. The molecule has 6 heteroatoms. The normalized spacial score (nSPS) is 10.9. The second kappa shape index (κ2) is 7.91. The van der Waals surface area contributed by atoms with Gasteiger partial charge in [0.05, 0.1) is 12.1 Å². The maximum absolute atomic E-state index is 13.0. The van der Waals surface area contributed by atoms with Gasteiger partial charge in [-0.2, -0.15) is 0 Å². The molecule has 0 bridgehead atoms. The van der Waals surface area contributed by atoms with Crippen molar-refractivity contribution >= 4 is 17.6 Å². The van der Waals surface area contributed by atoms with Gasteiger partial charge in [0.2, 0.25) is 5.91 Å². The summed E-state index contributed by atoms with van der Waals surface area (Å²) in [6.07, 6.45) is 0. The molecule has 2 amide bonds. The Hall–Kier alpha value is -3.02. The average Bonchev–Trinajstić information content (AvgIpc) is 2.58. The topological polar surface area (TPSA) is 75.3 Å². The van der Waals surface area contributed by atoms with Crippen LogP contribution in [0, 0.1) is 5.82 Å². The Labute approximate surface area is 151 Å². The summed E-state index contributed by atoms with van der Waals surface area (Å²) in [7, 11) is 0. The summed E-state index contributed by atoms with van der Waals surface area (Å²) in [5.74, 6) is -1.69. The molecule has 2 aromatic rings. The van der Waals surface area contributed by atoms with Gasteiger partial charge in [-0.15, -0.1) is 0 Å². The molecule has 0 aliphatic rings. The predicted octanol–water partition coefficient (Wildman–Crippen LogP) is 2.70. The monoisotopic (exact) mass is 356 g/mol. The van der Waals surface area contributed by atoms with E-state index in [9.17, 15) is 18.8 Å². The second-order valence-corrected chi connectivity index (χ2v) is 6.86. The number of carbonyl (C=O) groups excluding carboxylic acids is 3. The molecular weight excluding hydrogens is 335 g/mol. The molecule has 0 heterocycles. The van der Waals surface area contributed by atoms with E-state index in [0.717, 1.165) is 0 Å². The van der Waals surface area contributed by atoms with E-state index in [1.165, 1.54) is 36.4 Å². The van der Waals surface area contributed by atoms with Gasteiger partial charge in [0.25, 0.3) is 5.91 Å². The number of amides is 2. The molecule has 2 N–H and O–H groups in total. The Morgan fingerprint density at radius 3 is 2.08 bits per heavy atom. The first-order valence-electron chi connectivity index (χ1n) is 8.16. The lowest BCUT2D eigenvalue weighted by Crippen LogP contribution is -2.46. The van der Waals surface area contributed by atoms with Gasteiger partial charge in [0.15, 0.2) is 5.78 Å². The molecule has 0 aliphatic carbocycles. The zero-order valence-electron chi connectivity index (χ0n) is 14.9. The first-order chi connectivity index (χ1) is 12.2. The SMILES string of the molecule is CC(C)(C)NC(=O)CNC(=O)c1ccccc1C(=O)c1ccc(F)cc1. The van der Waals surface area contributed by atoms with E-state index in [2.05, 4.69) is 10.6 Å². The van der Waals surface area contributed by atoms with Crippen molar-refractivity contribution in [3.05, 3.63) is 71.0 Å². The van der Waals surface area contributed by atoms with Crippen LogP contribution in [0.25, 0.3) is 0 Å². The van der Waals surface area contributed by atoms with Crippen molar-refractivity contribution in [3.8, 4) is 0 Å². The van der Waals surface area contributed by atoms with Crippen LogP contribution in [0.2, 0.25) is 0 Å². The minimum Gasteiger partial charge on any atom is -0.350 e. The summed E-state index contributed by atoms with van der Waals surface area (Å²) >= 11 is 0. The second-order valence-electron chi connectivity index (χ2n) is 6.86. The zero-order chi connectivity index (χ0) is 19.3. The summed E-state index contributed by atoms with van der Waals surface area (Å²) in [6.45, 7) is 5.31. The van der Waals surface area contributed by atoms with Gasteiger partial charge >= 0.3 is 0 Å². The minimum absolute atomic E-state index is 0.158. The number of hydrogen-bond acceptors (Lipinski definition) is 3. The lowest BCUT2D eigenvalue weighted by atomic mass is 9.98. The van der Waals surface area contributed by atoms with Gasteiger partial charge in [0.1, 0.15) is 5.82 Å². The van der Waals surface area contributed by atoms with Crippen LogP contribution in [-0.4, -0.2) is 29.7 Å². The van der Waals surface area contributed by atoms with Crippen LogP contribution >= 0.6 is 0 Å². The fourth-order valence-corrected chi connectivity index (χ4v) is 2.35. The summed E-state index contributed by atoms with van der Waals surface area (Å²) in [4.78, 5) is 36.9. The number of hydrogen-bond donors (Lipinski definition) is 2. The van der Waals surface area contributed by atoms with E-state index >= 15 is 0 Å². The first-order valence-corrected chi connectivity index (χ1v) is 8.16. The van der Waals surface area contributed by atoms with Crippen LogP contribution in [0.3, 0.4) is 0 Å². The Morgan fingerprint density at radius 1 is 0.923 bits per heavy atom. The lowest BCUT2D eigenvalue weighted by molar-refractivity contribution is -0.121.